The Balaban J connectivity index is 0.000000540. The smallest absolute Gasteiger partial charge is 0.475 e. The number of carboxylic acid groups (broad SMARTS) is 1. The zero-order valence-electron chi connectivity index (χ0n) is 20.3. The Bertz CT molecular complexity index is 979. The molecule has 0 atom stereocenters. The van der Waals surface area contributed by atoms with Crippen molar-refractivity contribution >= 4 is 21.9 Å². The van der Waals surface area contributed by atoms with E-state index in [4.69, 9.17) is 9.90 Å². The number of hydrogen-bond acceptors (Lipinski definition) is 5. The third-order valence-corrected chi connectivity index (χ3v) is 8.42. The maximum absolute atomic E-state index is 13.7. The van der Waals surface area contributed by atoms with Gasteiger partial charge >= 0.3 is 12.1 Å². The number of halogens is 3. The van der Waals surface area contributed by atoms with Gasteiger partial charge in [-0.1, -0.05) is 30.5 Å². The highest BCUT2D eigenvalue weighted by Gasteiger charge is 2.38. The normalized spacial score (nSPS) is 17.3. The Kier molecular flexibility index (Phi) is 10.1. The first-order valence-corrected chi connectivity index (χ1v) is 13.1. The molecule has 3 rings (SSSR count). The second-order valence-electron chi connectivity index (χ2n) is 8.97. The number of nitrogens with zero attached hydrogens (tertiary/aromatic N) is 2. The van der Waals surface area contributed by atoms with Crippen LogP contribution in [0.5, 0.6) is 0 Å². The summed E-state index contributed by atoms with van der Waals surface area (Å²) in [6, 6.07) is 3.86. The molecular formula is C23H34F3N3O5S. The van der Waals surface area contributed by atoms with Crippen LogP contribution in [0, 0.1) is 20.8 Å². The molecule has 2 aliphatic rings. The van der Waals surface area contributed by atoms with Gasteiger partial charge in [0.15, 0.2) is 0 Å². The molecule has 1 saturated carbocycles. The number of nitrogens with one attached hydrogen (secondary N) is 1. The van der Waals surface area contributed by atoms with Gasteiger partial charge in [-0.15, -0.1) is 0 Å². The van der Waals surface area contributed by atoms with Crippen LogP contribution in [-0.4, -0.2) is 79.5 Å². The topological polar surface area (TPSA) is 107 Å². The first-order chi connectivity index (χ1) is 16.2. The molecule has 2 N–H and O–H groups in total. The summed E-state index contributed by atoms with van der Waals surface area (Å²) >= 11 is 0. The average molecular weight is 522 g/mol. The zero-order valence-corrected chi connectivity index (χ0v) is 21.1. The lowest BCUT2D eigenvalue weighted by Gasteiger charge is -2.31. The van der Waals surface area contributed by atoms with Crippen molar-refractivity contribution in [2.24, 2.45) is 0 Å². The first-order valence-electron chi connectivity index (χ1n) is 11.6. The lowest BCUT2D eigenvalue weighted by molar-refractivity contribution is -0.192. The number of benzene rings is 1. The number of hydrogen-bond donors (Lipinski definition) is 2. The molecule has 0 radical (unpaired) electrons. The number of sulfonamides is 1. The van der Waals surface area contributed by atoms with Crippen LogP contribution in [0.15, 0.2) is 17.0 Å². The number of aryl methyl sites for hydroxylation is 3. The van der Waals surface area contributed by atoms with Crippen LogP contribution in [0.25, 0.3) is 0 Å². The maximum Gasteiger partial charge on any atom is 0.490 e. The fraction of sp³-hybridized carbons (Fsp3) is 0.652. The monoisotopic (exact) mass is 521 g/mol. The summed E-state index contributed by atoms with van der Waals surface area (Å²) in [7, 11) is -3.64. The summed E-state index contributed by atoms with van der Waals surface area (Å²) in [5.74, 6) is -2.70. The molecule has 0 unspecified atom stereocenters. The number of carbonyl (C=O) groups excluding carboxylic acids is 1. The summed E-state index contributed by atoms with van der Waals surface area (Å²) in [4.78, 5) is 23.8. The van der Waals surface area contributed by atoms with Crippen molar-refractivity contribution in [2.45, 2.75) is 70.0 Å². The van der Waals surface area contributed by atoms with Crippen LogP contribution >= 0.6 is 0 Å². The lowest BCUT2D eigenvalue weighted by atomic mass is 10.1. The molecule has 198 valence electrons. The minimum absolute atomic E-state index is 0.000857. The molecule has 0 aromatic heterocycles. The number of amides is 1. The van der Waals surface area contributed by atoms with E-state index in [0.29, 0.717) is 18.0 Å². The zero-order chi connectivity index (χ0) is 26.4. The van der Waals surface area contributed by atoms with E-state index >= 15 is 0 Å². The van der Waals surface area contributed by atoms with Gasteiger partial charge in [0.25, 0.3) is 0 Å². The summed E-state index contributed by atoms with van der Waals surface area (Å²) in [6.07, 6.45) is -0.974. The molecule has 1 amide bonds. The molecule has 0 bridgehead atoms. The van der Waals surface area contributed by atoms with Crippen LogP contribution in [0.2, 0.25) is 0 Å². The Labute approximate surface area is 204 Å². The average Bonchev–Trinajstić information content (AvgIpc) is 3.27. The van der Waals surface area contributed by atoms with Crippen molar-refractivity contribution in [3.05, 3.63) is 28.8 Å². The van der Waals surface area contributed by atoms with Crippen molar-refractivity contribution in [1.82, 2.24) is 14.5 Å². The van der Waals surface area contributed by atoms with E-state index < -0.39 is 22.2 Å². The predicted molar refractivity (Wildman–Crippen MR) is 125 cm³/mol. The van der Waals surface area contributed by atoms with Gasteiger partial charge in [0.1, 0.15) is 0 Å². The second-order valence-corrected chi connectivity index (χ2v) is 10.8. The van der Waals surface area contributed by atoms with E-state index in [1.54, 1.807) is 4.31 Å². The van der Waals surface area contributed by atoms with E-state index in [0.717, 1.165) is 55.5 Å². The van der Waals surface area contributed by atoms with Crippen molar-refractivity contribution in [3.8, 4) is 0 Å². The number of aliphatic carboxylic acids is 1. The Hall–Kier alpha value is -2.18. The summed E-state index contributed by atoms with van der Waals surface area (Å²) < 4.78 is 60.7. The highest BCUT2D eigenvalue weighted by Crippen LogP contribution is 2.32. The Morgan fingerprint density at radius 1 is 1.09 bits per heavy atom. The van der Waals surface area contributed by atoms with Gasteiger partial charge < -0.3 is 15.3 Å². The standard InChI is InChI=1S/C21H33N3O3S.C2HF3O2/c1-16-14-17(2)21(18(3)15-16)28(26,27)24(19-6-4-5-7-19)11-8-20(25)23-12-9-22-10-13-23;3-2(4,5)1(6)7/h14-15,19,22H,4-13H2,1-3H3;(H,6,7). The largest absolute Gasteiger partial charge is 0.490 e. The molecule has 1 aliphatic carbocycles. The molecule has 1 saturated heterocycles. The molecule has 1 aliphatic heterocycles. The highest BCUT2D eigenvalue weighted by atomic mass is 32.2. The molecule has 35 heavy (non-hydrogen) atoms. The predicted octanol–water partition coefficient (Wildman–Crippen LogP) is 3.00. The molecule has 1 heterocycles. The summed E-state index contributed by atoms with van der Waals surface area (Å²) in [5, 5.41) is 10.4. The number of rotatable bonds is 6. The van der Waals surface area contributed by atoms with Crippen molar-refractivity contribution in [3.63, 3.8) is 0 Å². The van der Waals surface area contributed by atoms with Gasteiger partial charge in [-0.3, -0.25) is 4.79 Å². The minimum Gasteiger partial charge on any atom is -0.475 e. The van der Waals surface area contributed by atoms with Crippen molar-refractivity contribution < 1.29 is 36.3 Å². The van der Waals surface area contributed by atoms with Gasteiger partial charge in [0.2, 0.25) is 15.9 Å². The molecule has 2 fully saturated rings. The van der Waals surface area contributed by atoms with Gasteiger partial charge in [0, 0.05) is 45.2 Å². The molecule has 1 aromatic carbocycles. The van der Waals surface area contributed by atoms with E-state index in [2.05, 4.69) is 5.32 Å². The fourth-order valence-corrected chi connectivity index (χ4v) is 6.76. The van der Waals surface area contributed by atoms with Gasteiger partial charge in [-0.2, -0.15) is 17.5 Å². The van der Waals surface area contributed by atoms with E-state index in [9.17, 15) is 26.4 Å². The quantitative estimate of drug-likeness (QED) is 0.596. The molecule has 8 nitrogen and oxygen atoms in total. The Morgan fingerprint density at radius 2 is 1.57 bits per heavy atom. The highest BCUT2D eigenvalue weighted by molar-refractivity contribution is 7.89. The van der Waals surface area contributed by atoms with E-state index in [1.165, 1.54) is 0 Å². The minimum atomic E-state index is -5.08. The van der Waals surface area contributed by atoms with Crippen LogP contribution in [0.1, 0.15) is 48.8 Å². The van der Waals surface area contributed by atoms with Crippen molar-refractivity contribution in [2.75, 3.05) is 32.7 Å². The van der Waals surface area contributed by atoms with Crippen LogP contribution in [0.3, 0.4) is 0 Å². The third-order valence-electron chi connectivity index (χ3n) is 6.16. The Morgan fingerprint density at radius 3 is 2.03 bits per heavy atom. The maximum atomic E-state index is 13.7. The molecule has 12 heteroatoms. The van der Waals surface area contributed by atoms with Gasteiger partial charge in [-0.05, 0) is 44.7 Å². The number of alkyl halides is 3. The third kappa shape index (κ3) is 7.91. The van der Waals surface area contributed by atoms with Gasteiger partial charge in [-0.25, -0.2) is 13.2 Å². The van der Waals surface area contributed by atoms with E-state index in [-0.39, 0.29) is 24.9 Å². The van der Waals surface area contributed by atoms with Crippen LogP contribution < -0.4 is 5.32 Å². The number of carboxylic acids is 1. The van der Waals surface area contributed by atoms with Crippen molar-refractivity contribution in [1.29, 1.82) is 0 Å². The SMILES string of the molecule is Cc1cc(C)c(S(=O)(=O)N(CCC(=O)N2CCNCC2)C2CCCC2)c(C)c1.O=C(O)C(F)(F)F. The lowest BCUT2D eigenvalue weighted by Crippen LogP contribution is -2.48. The fourth-order valence-electron chi connectivity index (χ4n) is 4.66. The first kappa shape index (κ1) is 29.1. The second kappa shape index (κ2) is 12.2. The number of piperazine rings is 1. The van der Waals surface area contributed by atoms with Gasteiger partial charge in [0.05, 0.1) is 4.90 Å². The molecule has 1 aromatic rings. The van der Waals surface area contributed by atoms with Crippen LogP contribution in [-0.2, 0) is 19.6 Å². The summed E-state index contributed by atoms with van der Waals surface area (Å²) in [5.41, 5.74) is 2.64. The van der Waals surface area contributed by atoms with Crippen LogP contribution in [0.4, 0.5) is 13.2 Å². The molecule has 0 spiro atoms. The number of carbonyl (C=O) groups is 2. The van der Waals surface area contributed by atoms with E-state index in [1.807, 2.05) is 37.8 Å². The molecular weight excluding hydrogens is 487 g/mol. The summed E-state index contributed by atoms with van der Waals surface area (Å²) in [6.45, 7) is 8.99.